The number of ether oxygens (including phenoxy) is 2. The van der Waals surface area contributed by atoms with Gasteiger partial charge in [0.25, 0.3) is 5.91 Å². The molecule has 0 atom stereocenters. The average Bonchev–Trinajstić information content (AvgIpc) is 3.04. The van der Waals surface area contributed by atoms with E-state index in [1.165, 1.54) is 0 Å². The molecule has 0 bridgehead atoms. The van der Waals surface area contributed by atoms with Crippen LogP contribution in [0.5, 0.6) is 0 Å². The molecule has 2 aliphatic rings. The van der Waals surface area contributed by atoms with Gasteiger partial charge in [0, 0.05) is 32.8 Å². The molecule has 0 N–H and O–H groups in total. The molecule has 0 saturated carbocycles. The quantitative estimate of drug-likeness (QED) is 0.717. The molecule has 0 unspecified atom stereocenters. The van der Waals surface area contributed by atoms with Crippen LogP contribution in [0.1, 0.15) is 34.7 Å². The highest BCUT2D eigenvalue weighted by Gasteiger charge is 2.29. The minimum absolute atomic E-state index is 0.0658. The van der Waals surface area contributed by atoms with Crippen molar-refractivity contribution in [2.24, 2.45) is 0 Å². The minimum atomic E-state index is 0.0658. The zero-order valence-electron chi connectivity index (χ0n) is 16.9. The van der Waals surface area contributed by atoms with E-state index >= 15 is 0 Å². The third kappa shape index (κ3) is 5.31. The van der Waals surface area contributed by atoms with Gasteiger partial charge in [0.1, 0.15) is 11.5 Å². The lowest BCUT2D eigenvalue weighted by atomic mass is 10.0. The van der Waals surface area contributed by atoms with Crippen LogP contribution in [0.2, 0.25) is 0 Å². The summed E-state index contributed by atoms with van der Waals surface area (Å²) in [7, 11) is 3.82. The number of nitrogens with zero attached hydrogens (tertiary/aromatic N) is 3. The first-order chi connectivity index (χ1) is 13.1. The smallest absolute Gasteiger partial charge is 0.257 e. The second-order valence-electron chi connectivity index (χ2n) is 7.60. The van der Waals surface area contributed by atoms with E-state index < -0.39 is 0 Å². The Kier molecular flexibility index (Phi) is 7.29. The number of morpholine rings is 1. The molecule has 0 aliphatic carbocycles. The zero-order chi connectivity index (χ0) is 19.2. The molecular weight excluding hydrogens is 346 g/mol. The fourth-order valence-electron chi connectivity index (χ4n) is 3.91. The molecule has 0 radical (unpaired) electrons. The van der Waals surface area contributed by atoms with Crippen molar-refractivity contribution in [1.29, 1.82) is 0 Å². The van der Waals surface area contributed by atoms with Crippen molar-refractivity contribution in [3.05, 3.63) is 23.2 Å². The lowest BCUT2D eigenvalue weighted by Crippen LogP contribution is -2.47. The summed E-state index contributed by atoms with van der Waals surface area (Å²) in [6, 6.07) is 2.20. The fourth-order valence-corrected chi connectivity index (χ4v) is 3.91. The number of likely N-dealkylation sites (tertiary alicyclic amines) is 1. The Labute approximate surface area is 162 Å². The van der Waals surface area contributed by atoms with Gasteiger partial charge in [0.2, 0.25) is 0 Å². The number of carbonyl (C=O) groups is 1. The lowest BCUT2D eigenvalue weighted by Gasteiger charge is -2.37. The summed E-state index contributed by atoms with van der Waals surface area (Å²) in [5.41, 5.74) is 0.688. The molecule has 3 heterocycles. The number of methoxy groups -OCH3 is 1. The highest BCUT2D eigenvalue weighted by molar-refractivity contribution is 5.95. The van der Waals surface area contributed by atoms with Gasteiger partial charge in [-0.25, -0.2) is 0 Å². The molecule has 2 fully saturated rings. The number of aryl methyl sites for hydroxylation is 1. The van der Waals surface area contributed by atoms with Crippen LogP contribution >= 0.6 is 0 Å². The minimum Gasteiger partial charge on any atom is -0.464 e. The highest BCUT2D eigenvalue weighted by Crippen LogP contribution is 2.23. The maximum atomic E-state index is 13.3. The summed E-state index contributed by atoms with van der Waals surface area (Å²) < 4.78 is 16.6. The Bertz CT molecular complexity index is 604. The van der Waals surface area contributed by atoms with E-state index in [-0.39, 0.29) is 11.9 Å². The van der Waals surface area contributed by atoms with Crippen molar-refractivity contribution in [2.45, 2.75) is 32.4 Å². The highest BCUT2D eigenvalue weighted by atomic mass is 16.5. The van der Waals surface area contributed by atoms with E-state index in [1.807, 2.05) is 17.9 Å². The molecule has 1 amide bonds. The number of piperidine rings is 1. The standard InChI is InChI=1S/C20H33N3O4/c1-16-19(14-18(27-16)15-22-8-12-26-13-9-22)20(24)23(10-11-25-3)17-4-6-21(2)7-5-17/h14,17H,4-13,15H2,1-3H3. The maximum Gasteiger partial charge on any atom is 0.257 e. The predicted molar refractivity (Wildman–Crippen MR) is 103 cm³/mol. The van der Waals surface area contributed by atoms with Crippen molar-refractivity contribution in [2.75, 3.05) is 66.7 Å². The summed E-state index contributed by atoms with van der Waals surface area (Å²) in [4.78, 5) is 19.9. The van der Waals surface area contributed by atoms with Gasteiger partial charge in [0.05, 0.1) is 31.9 Å². The first-order valence-corrected chi connectivity index (χ1v) is 9.96. The summed E-state index contributed by atoms with van der Waals surface area (Å²) in [6.45, 7) is 9.14. The molecule has 152 valence electrons. The van der Waals surface area contributed by atoms with Gasteiger partial charge in [-0.1, -0.05) is 0 Å². The van der Waals surface area contributed by atoms with E-state index in [0.717, 1.165) is 64.5 Å². The van der Waals surface area contributed by atoms with Gasteiger partial charge in [-0.2, -0.15) is 0 Å². The van der Waals surface area contributed by atoms with Crippen LogP contribution in [0.4, 0.5) is 0 Å². The van der Waals surface area contributed by atoms with E-state index in [9.17, 15) is 4.79 Å². The number of carbonyl (C=O) groups excluding carboxylic acids is 1. The maximum absolute atomic E-state index is 13.3. The van der Waals surface area contributed by atoms with Crippen LogP contribution in [0.15, 0.2) is 10.5 Å². The number of furan rings is 1. The van der Waals surface area contributed by atoms with Gasteiger partial charge < -0.3 is 23.7 Å². The number of hydrogen-bond donors (Lipinski definition) is 0. The monoisotopic (exact) mass is 379 g/mol. The molecule has 2 aliphatic heterocycles. The Balaban J connectivity index is 1.70. The molecule has 1 aromatic rings. The van der Waals surface area contributed by atoms with Gasteiger partial charge in [-0.3, -0.25) is 9.69 Å². The van der Waals surface area contributed by atoms with Crippen molar-refractivity contribution < 1.29 is 18.7 Å². The summed E-state index contributed by atoms with van der Waals surface area (Å²) >= 11 is 0. The molecule has 0 aromatic carbocycles. The predicted octanol–water partition coefficient (Wildman–Crippen LogP) is 1.60. The number of amides is 1. The largest absolute Gasteiger partial charge is 0.464 e. The van der Waals surface area contributed by atoms with E-state index in [4.69, 9.17) is 13.9 Å². The van der Waals surface area contributed by atoms with E-state index in [2.05, 4.69) is 16.8 Å². The van der Waals surface area contributed by atoms with Crippen molar-refractivity contribution in [3.8, 4) is 0 Å². The van der Waals surface area contributed by atoms with Crippen molar-refractivity contribution in [3.63, 3.8) is 0 Å². The lowest BCUT2D eigenvalue weighted by molar-refractivity contribution is 0.0312. The summed E-state index contributed by atoms with van der Waals surface area (Å²) in [5.74, 6) is 1.63. The Morgan fingerprint density at radius 2 is 1.96 bits per heavy atom. The Hall–Kier alpha value is -1.41. The molecule has 27 heavy (non-hydrogen) atoms. The van der Waals surface area contributed by atoms with Crippen LogP contribution in [-0.4, -0.2) is 93.4 Å². The van der Waals surface area contributed by atoms with Crippen LogP contribution in [0, 0.1) is 6.92 Å². The third-order valence-electron chi connectivity index (χ3n) is 5.61. The normalized spacial score (nSPS) is 20.1. The van der Waals surface area contributed by atoms with E-state index in [0.29, 0.717) is 24.5 Å². The molecule has 1 aromatic heterocycles. The van der Waals surface area contributed by atoms with Gasteiger partial charge in [0.15, 0.2) is 0 Å². The summed E-state index contributed by atoms with van der Waals surface area (Å²) in [6.07, 6.45) is 2.01. The third-order valence-corrected chi connectivity index (χ3v) is 5.61. The van der Waals surface area contributed by atoms with Gasteiger partial charge in [-0.15, -0.1) is 0 Å². The van der Waals surface area contributed by atoms with Crippen LogP contribution in [-0.2, 0) is 16.0 Å². The van der Waals surface area contributed by atoms with Crippen molar-refractivity contribution >= 4 is 5.91 Å². The number of hydrogen-bond acceptors (Lipinski definition) is 6. The second-order valence-corrected chi connectivity index (χ2v) is 7.60. The zero-order valence-corrected chi connectivity index (χ0v) is 16.9. The topological polar surface area (TPSA) is 58.4 Å². The molecule has 3 rings (SSSR count). The van der Waals surface area contributed by atoms with Gasteiger partial charge >= 0.3 is 0 Å². The first kappa shape index (κ1) is 20.3. The van der Waals surface area contributed by atoms with Crippen LogP contribution in [0.3, 0.4) is 0 Å². The molecular formula is C20H33N3O4. The second kappa shape index (κ2) is 9.68. The first-order valence-electron chi connectivity index (χ1n) is 9.96. The van der Waals surface area contributed by atoms with E-state index in [1.54, 1.807) is 7.11 Å². The Morgan fingerprint density at radius 3 is 2.63 bits per heavy atom. The molecule has 2 saturated heterocycles. The molecule has 7 nitrogen and oxygen atoms in total. The van der Waals surface area contributed by atoms with Crippen LogP contribution in [0.25, 0.3) is 0 Å². The fraction of sp³-hybridized carbons (Fsp3) is 0.750. The van der Waals surface area contributed by atoms with Gasteiger partial charge in [-0.05, 0) is 46.0 Å². The molecule has 7 heteroatoms. The number of rotatable bonds is 7. The van der Waals surface area contributed by atoms with Crippen LogP contribution < -0.4 is 0 Å². The SMILES string of the molecule is COCCN(C(=O)c1cc(CN2CCOCC2)oc1C)C1CCN(C)CC1. The average molecular weight is 380 g/mol. The van der Waals surface area contributed by atoms with Crippen molar-refractivity contribution in [1.82, 2.24) is 14.7 Å². The Morgan fingerprint density at radius 1 is 1.26 bits per heavy atom. The molecule has 0 spiro atoms. The summed E-state index contributed by atoms with van der Waals surface area (Å²) in [5, 5.41) is 0.